The maximum atomic E-state index is 12.6. The van der Waals surface area contributed by atoms with Crippen LogP contribution in [0.4, 0.5) is 0 Å². The molecule has 0 aliphatic carbocycles. The fourth-order valence-electron chi connectivity index (χ4n) is 2.96. The van der Waals surface area contributed by atoms with Crippen molar-refractivity contribution < 1.29 is 24.1 Å². The fraction of sp³-hybridized carbons (Fsp3) is 0.550. The average Bonchev–Trinajstić information content (AvgIpc) is 3.03. The van der Waals surface area contributed by atoms with Gasteiger partial charge in [0.2, 0.25) is 0 Å². The third kappa shape index (κ3) is 6.44. The van der Waals surface area contributed by atoms with Gasteiger partial charge in [-0.3, -0.25) is 9.69 Å². The summed E-state index contributed by atoms with van der Waals surface area (Å²) in [6, 6.07) is 0. The Kier molecular flexibility index (Phi) is 9.60. The number of fused-ring (bicyclic) bond motifs is 1. The zero-order valence-corrected chi connectivity index (χ0v) is 18.4. The van der Waals surface area contributed by atoms with E-state index in [1.165, 1.54) is 0 Å². The second kappa shape index (κ2) is 11.9. The molecule has 30 heavy (non-hydrogen) atoms. The number of nitrogens with zero attached hydrogens (tertiary/aromatic N) is 2. The van der Waals surface area contributed by atoms with Gasteiger partial charge in [0.25, 0.3) is 5.56 Å². The lowest BCUT2D eigenvalue weighted by Gasteiger charge is -2.24. The third-order valence-electron chi connectivity index (χ3n) is 4.31. The molecule has 9 nitrogen and oxygen atoms in total. The number of thiophene rings is 1. The van der Waals surface area contributed by atoms with Gasteiger partial charge in [0.05, 0.1) is 44.5 Å². The molecule has 2 aromatic heterocycles. The number of carbonyl (C=O) groups is 1. The molecule has 0 fully saturated rings. The predicted molar refractivity (Wildman–Crippen MR) is 115 cm³/mol. The van der Waals surface area contributed by atoms with Crippen LogP contribution in [-0.4, -0.2) is 78.7 Å². The van der Waals surface area contributed by atoms with Gasteiger partial charge in [0.1, 0.15) is 15.5 Å². The zero-order valence-electron chi connectivity index (χ0n) is 17.6. The minimum atomic E-state index is -0.711. The number of aromatic nitrogens is 2. The summed E-state index contributed by atoms with van der Waals surface area (Å²) >= 11 is 1.15. The van der Waals surface area contributed by atoms with Gasteiger partial charge in [0.15, 0.2) is 0 Å². The first-order valence-electron chi connectivity index (χ1n) is 9.68. The van der Waals surface area contributed by atoms with Gasteiger partial charge in [-0.15, -0.1) is 17.9 Å². The van der Waals surface area contributed by atoms with Crippen LogP contribution in [0.25, 0.3) is 10.2 Å². The van der Waals surface area contributed by atoms with Crippen molar-refractivity contribution in [1.82, 2.24) is 14.9 Å². The van der Waals surface area contributed by atoms with E-state index >= 15 is 0 Å². The van der Waals surface area contributed by atoms with Crippen molar-refractivity contribution in [3.63, 3.8) is 0 Å². The van der Waals surface area contributed by atoms with Crippen molar-refractivity contribution in [3.05, 3.63) is 39.3 Å². The molecule has 2 aromatic rings. The third-order valence-corrected chi connectivity index (χ3v) is 5.48. The monoisotopic (exact) mass is 439 g/mol. The first-order valence-corrected chi connectivity index (χ1v) is 10.5. The lowest BCUT2D eigenvalue weighted by molar-refractivity contribution is 0.0188. The Morgan fingerprint density at radius 3 is 2.90 bits per heavy atom. The summed E-state index contributed by atoms with van der Waals surface area (Å²) in [6.45, 7) is 9.43. The molecule has 0 saturated heterocycles. The van der Waals surface area contributed by atoms with Crippen LogP contribution in [-0.2, 0) is 20.8 Å². The Morgan fingerprint density at radius 2 is 2.23 bits per heavy atom. The Labute approximate surface area is 179 Å². The first-order chi connectivity index (χ1) is 14.4. The fourth-order valence-corrected chi connectivity index (χ4v) is 4.05. The van der Waals surface area contributed by atoms with E-state index < -0.39 is 12.1 Å². The largest absolute Gasteiger partial charge is 0.462 e. The van der Waals surface area contributed by atoms with Gasteiger partial charge >= 0.3 is 5.97 Å². The van der Waals surface area contributed by atoms with E-state index in [1.54, 1.807) is 27.0 Å². The van der Waals surface area contributed by atoms with Crippen LogP contribution < -0.4 is 5.56 Å². The SMILES string of the molecule is C=CCOC[C@H](O)CN(CCOC)Cc1nc2sc(C(=O)OCC)c(C)c2c(=O)[nH]1. The smallest absolute Gasteiger partial charge is 0.348 e. The minimum absolute atomic E-state index is 0.172. The van der Waals surface area contributed by atoms with Crippen molar-refractivity contribution in [2.45, 2.75) is 26.5 Å². The molecular weight excluding hydrogens is 410 g/mol. The van der Waals surface area contributed by atoms with E-state index in [-0.39, 0.29) is 18.8 Å². The summed E-state index contributed by atoms with van der Waals surface area (Å²) in [6.07, 6.45) is 0.906. The van der Waals surface area contributed by atoms with Gasteiger partial charge in [0, 0.05) is 20.2 Å². The summed E-state index contributed by atoms with van der Waals surface area (Å²) in [5, 5.41) is 10.6. The number of aliphatic hydroxyl groups is 1. The van der Waals surface area contributed by atoms with E-state index in [4.69, 9.17) is 14.2 Å². The second-order valence-electron chi connectivity index (χ2n) is 6.68. The average molecular weight is 440 g/mol. The quantitative estimate of drug-likeness (QED) is 0.274. The molecule has 2 N–H and O–H groups in total. The number of carbonyl (C=O) groups excluding carboxylic acids is 1. The van der Waals surface area contributed by atoms with Crippen LogP contribution >= 0.6 is 11.3 Å². The number of hydrogen-bond donors (Lipinski definition) is 2. The van der Waals surface area contributed by atoms with Gasteiger partial charge in [-0.25, -0.2) is 9.78 Å². The molecule has 0 radical (unpaired) electrons. The number of aromatic amines is 1. The summed E-state index contributed by atoms with van der Waals surface area (Å²) in [5.41, 5.74) is 0.264. The molecule has 0 amide bonds. The van der Waals surface area contributed by atoms with Gasteiger partial charge in [-0.2, -0.15) is 0 Å². The standard InChI is InChI=1S/C20H29N3O6S/c1-5-8-28-12-14(24)10-23(7-9-27-4)11-15-21-18(25)16-13(3)17(20(26)29-6-2)30-19(16)22-15/h5,14,24H,1,6-12H2,2-4H3,(H,21,22,25)/t14-/m1/s1. The highest BCUT2D eigenvalue weighted by atomic mass is 32.1. The van der Waals surface area contributed by atoms with E-state index in [9.17, 15) is 14.7 Å². The number of rotatable bonds is 13. The summed E-state index contributed by atoms with van der Waals surface area (Å²) < 4.78 is 15.5. The van der Waals surface area contributed by atoms with E-state index in [0.29, 0.717) is 59.3 Å². The van der Waals surface area contributed by atoms with Crippen LogP contribution in [0.1, 0.15) is 28.0 Å². The molecule has 2 rings (SSSR count). The van der Waals surface area contributed by atoms with Gasteiger partial charge < -0.3 is 24.3 Å². The molecule has 10 heteroatoms. The van der Waals surface area contributed by atoms with E-state index in [2.05, 4.69) is 16.5 Å². The summed E-state index contributed by atoms with van der Waals surface area (Å²) in [4.78, 5) is 34.9. The number of methoxy groups -OCH3 is 1. The van der Waals surface area contributed by atoms with Crippen molar-refractivity contribution in [2.24, 2.45) is 0 Å². The number of esters is 1. The van der Waals surface area contributed by atoms with E-state index in [0.717, 1.165) is 11.3 Å². The van der Waals surface area contributed by atoms with Crippen LogP contribution in [0.5, 0.6) is 0 Å². The molecule has 0 aliphatic rings. The summed E-state index contributed by atoms with van der Waals surface area (Å²) in [7, 11) is 1.60. The number of hydrogen-bond acceptors (Lipinski definition) is 9. The maximum Gasteiger partial charge on any atom is 0.348 e. The number of aliphatic hydroxyl groups excluding tert-OH is 1. The van der Waals surface area contributed by atoms with Gasteiger partial charge in [-0.1, -0.05) is 6.08 Å². The maximum absolute atomic E-state index is 12.6. The van der Waals surface area contributed by atoms with Crippen molar-refractivity contribution >= 4 is 27.5 Å². The molecule has 0 aromatic carbocycles. The predicted octanol–water partition coefficient (Wildman–Crippen LogP) is 1.48. The van der Waals surface area contributed by atoms with Crippen LogP contribution in [0.15, 0.2) is 17.4 Å². The highest BCUT2D eigenvalue weighted by molar-refractivity contribution is 7.20. The molecule has 166 valence electrons. The molecule has 0 aliphatic heterocycles. The van der Waals surface area contributed by atoms with Gasteiger partial charge in [-0.05, 0) is 19.4 Å². The highest BCUT2D eigenvalue weighted by Crippen LogP contribution is 2.27. The number of aryl methyl sites for hydroxylation is 1. The molecule has 0 bridgehead atoms. The molecule has 0 unspecified atom stereocenters. The van der Waals surface area contributed by atoms with Crippen molar-refractivity contribution in [1.29, 1.82) is 0 Å². The Balaban J connectivity index is 2.22. The van der Waals surface area contributed by atoms with Crippen LogP contribution in [0, 0.1) is 6.92 Å². The Morgan fingerprint density at radius 1 is 1.47 bits per heavy atom. The number of nitrogens with one attached hydrogen (secondary N) is 1. The molecule has 2 heterocycles. The molecule has 0 spiro atoms. The minimum Gasteiger partial charge on any atom is -0.462 e. The molecular formula is C20H29N3O6S. The Bertz CT molecular complexity index is 910. The zero-order chi connectivity index (χ0) is 22.1. The van der Waals surface area contributed by atoms with Crippen LogP contribution in [0.2, 0.25) is 0 Å². The molecule has 0 saturated carbocycles. The summed E-state index contributed by atoms with van der Waals surface area (Å²) in [5.74, 6) is -0.0113. The lowest BCUT2D eigenvalue weighted by atomic mass is 10.2. The lowest BCUT2D eigenvalue weighted by Crippen LogP contribution is -2.37. The highest BCUT2D eigenvalue weighted by Gasteiger charge is 2.21. The number of H-pyrrole nitrogens is 1. The number of ether oxygens (including phenoxy) is 3. The second-order valence-corrected chi connectivity index (χ2v) is 7.68. The first kappa shape index (κ1) is 24.2. The van der Waals surface area contributed by atoms with Crippen molar-refractivity contribution in [3.8, 4) is 0 Å². The van der Waals surface area contributed by atoms with Crippen molar-refractivity contribution in [2.75, 3.05) is 46.6 Å². The topological polar surface area (TPSA) is 114 Å². The van der Waals surface area contributed by atoms with E-state index in [1.807, 2.05) is 4.90 Å². The molecule has 1 atom stereocenters. The normalized spacial score (nSPS) is 12.4. The Hall–Kier alpha value is -2.11. The van der Waals surface area contributed by atoms with Crippen LogP contribution in [0.3, 0.4) is 0 Å².